The maximum Gasteiger partial charge on any atom is 0.210 e. The molecule has 0 aliphatic carbocycles. The molecule has 3 rings (SSSR count). The van der Waals surface area contributed by atoms with Crippen LogP contribution in [-0.2, 0) is 11.3 Å². The van der Waals surface area contributed by atoms with E-state index in [1.165, 1.54) is 23.1 Å². The van der Waals surface area contributed by atoms with Gasteiger partial charge in [-0.2, -0.15) is 0 Å². The van der Waals surface area contributed by atoms with Gasteiger partial charge in [0.05, 0.1) is 19.3 Å². The molecular weight excluding hydrogens is 374 g/mol. The van der Waals surface area contributed by atoms with Gasteiger partial charge in [-0.15, -0.1) is 21.5 Å². The van der Waals surface area contributed by atoms with Gasteiger partial charge in [-0.05, 0) is 30.0 Å². The lowest BCUT2D eigenvalue weighted by Crippen LogP contribution is -2.17. The Morgan fingerprint density at radius 1 is 1.24 bits per heavy atom. The first-order chi connectivity index (χ1) is 12.2. The number of aliphatic hydroxyl groups is 1. The van der Waals surface area contributed by atoms with Crippen molar-refractivity contribution >= 4 is 45.3 Å². The summed E-state index contributed by atoms with van der Waals surface area (Å²) in [6.45, 7) is 2.91. The smallest absolute Gasteiger partial charge is 0.210 e. The number of para-hydroxylation sites is 1. The predicted molar refractivity (Wildman–Crippen MR) is 105 cm³/mol. The van der Waals surface area contributed by atoms with Crippen molar-refractivity contribution in [2.24, 2.45) is 0 Å². The molecule has 2 aromatic heterocycles. The first kappa shape index (κ1) is 18.3. The third-order valence-corrected chi connectivity index (χ3v) is 6.29. The summed E-state index contributed by atoms with van der Waals surface area (Å²) in [7, 11) is 0. The number of hydrogen-bond acceptors (Lipinski definition) is 8. The van der Waals surface area contributed by atoms with Gasteiger partial charge in [0.25, 0.3) is 0 Å². The summed E-state index contributed by atoms with van der Waals surface area (Å²) in [5.41, 5.74) is 2.18. The van der Waals surface area contributed by atoms with Crippen LogP contribution in [0.1, 0.15) is 10.4 Å². The van der Waals surface area contributed by atoms with E-state index in [1.54, 1.807) is 11.3 Å². The lowest BCUT2D eigenvalue weighted by atomic mass is 10.2. The highest BCUT2D eigenvalue weighted by molar-refractivity contribution is 8.01. The molecule has 132 valence electrons. The van der Waals surface area contributed by atoms with E-state index in [0.717, 1.165) is 25.6 Å². The molecular formula is C17H19N3O2S3. The normalized spacial score (nSPS) is 12.2. The second-order valence-corrected chi connectivity index (χ2v) is 8.65. The number of aliphatic hydroxyl groups excluding tert-OH is 1. The molecule has 1 aromatic carbocycles. The number of hydrogen-bond donors (Lipinski definition) is 2. The van der Waals surface area contributed by atoms with Gasteiger partial charge in [0.2, 0.25) is 5.13 Å². The van der Waals surface area contributed by atoms with Gasteiger partial charge in [0.1, 0.15) is 0 Å². The molecule has 2 heterocycles. The van der Waals surface area contributed by atoms with Gasteiger partial charge in [-0.25, -0.2) is 0 Å². The minimum Gasteiger partial charge on any atom is -0.390 e. The highest BCUT2D eigenvalue weighted by Crippen LogP contribution is 2.29. The molecule has 2 N–H and O–H groups in total. The number of nitrogens with zero attached hydrogens (tertiary/aromatic N) is 2. The largest absolute Gasteiger partial charge is 0.390 e. The van der Waals surface area contributed by atoms with Crippen LogP contribution in [0.3, 0.4) is 0 Å². The summed E-state index contributed by atoms with van der Waals surface area (Å²) >= 11 is 4.62. The molecule has 0 aliphatic rings. The zero-order valence-corrected chi connectivity index (χ0v) is 16.2. The third-order valence-electron chi connectivity index (χ3n) is 3.33. The monoisotopic (exact) mass is 393 g/mol. The fourth-order valence-electron chi connectivity index (χ4n) is 2.05. The van der Waals surface area contributed by atoms with E-state index >= 15 is 0 Å². The van der Waals surface area contributed by atoms with Crippen molar-refractivity contribution in [3.63, 3.8) is 0 Å². The van der Waals surface area contributed by atoms with E-state index in [2.05, 4.69) is 15.5 Å². The molecule has 0 spiro atoms. The second kappa shape index (κ2) is 9.30. The van der Waals surface area contributed by atoms with E-state index < -0.39 is 6.10 Å². The van der Waals surface area contributed by atoms with Crippen LogP contribution in [0.5, 0.6) is 0 Å². The van der Waals surface area contributed by atoms with E-state index in [9.17, 15) is 5.11 Å². The first-order valence-electron chi connectivity index (χ1n) is 7.78. The van der Waals surface area contributed by atoms with Crippen molar-refractivity contribution in [2.45, 2.75) is 24.0 Å². The molecule has 5 nitrogen and oxygen atoms in total. The fraction of sp³-hybridized carbons (Fsp3) is 0.294. The van der Waals surface area contributed by atoms with Crippen molar-refractivity contribution in [2.75, 3.05) is 17.7 Å². The quantitative estimate of drug-likeness (QED) is 0.528. The van der Waals surface area contributed by atoms with Gasteiger partial charge in [0.15, 0.2) is 4.34 Å². The van der Waals surface area contributed by atoms with Gasteiger partial charge in [-0.1, -0.05) is 47.4 Å². The van der Waals surface area contributed by atoms with E-state index in [-0.39, 0.29) is 0 Å². The van der Waals surface area contributed by atoms with Crippen molar-refractivity contribution in [3.8, 4) is 0 Å². The summed E-state index contributed by atoms with van der Waals surface area (Å²) in [6.07, 6.45) is -0.526. The Morgan fingerprint density at radius 3 is 2.92 bits per heavy atom. The average Bonchev–Trinajstić information content (AvgIpc) is 3.27. The SMILES string of the molecule is Cc1ccccc1Nc1nnc(SC[C@H](O)COCc2cccs2)s1. The van der Waals surface area contributed by atoms with Crippen LogP contribution in [0.2, 0.25) is 0 Å². The Hall–Kier alpha value is -1.45. The van der Waals surface area contributed by atoms with Gasteiger partial charge < -0.3 is 15.2 Å². The Labute approximate surface area is 159 Å². The first-order valence-corrected chi connectivity index (χ1v) is 10.5. The van der Waals surface area contributed by atoms with Crippen molar-refractivity contribution in [1.82, 2.24) is 10.2 Å². The number of thioether (sulfide) groups is 1. The zero-order chi connectivity index (χ0) is 17.5. The summed E-state index contributed by atoms with van der Waals surface area (Å²) in [4.78, 5) is 1.16. The minimum atomic E-state index is -0.526. The topological polar surface area (TPSA) is 67.3 Å². The average molecular weight is 394 g/mol. The molecule has 0 unspecified atom stereocenters. The lowest BCUT2D eigenvalue weighted by Gasteiger charge is -2.09. The summed E-state index contributed by atoms with van der Waals surface area (Å²) in [5.74, 6) is 0.531. The minimum absolute atomic E-state index is 0.317. The van der Waals surface area contributed by atoms with Crippen LogP contribution in [0.25, 0.3) is 0 Å². The highest BCUT2D eigenvalue weighted by atomic mass is 32.2. The van der Waals surface area contributed by atoms with Gasteiger partial charge >= 0.3 is 0 Å². The number of nitrogens with one attached hydrogen (secondary N) is 1. The number of rotatable bonds is 9. The van der Waals surface area contributed by atoms with Crippen LogP contribution < -0.4 is 5.32 Å². The Morgan fingerprint density at radius 2 is 2.12 bits per heavy atom. The number of anilines is 2. The van der Waals surface area contributed by atoms with Crippen LogP contribution in [0, 0.1) is 6.92 Å². The fourth-order valence-corrected chi connectivity index (χ4v) is 4.39. The maximum atomic E-state index is 10.0. The lowest BCUT2D eigenvalue weighted by molar-refractivity contribution is 0.0409. The Balaban J connectivity index is 1.41. The Bertz CT molecular complexity index is 777. The molecule has 0 saturated carbocycles. The second-order valence-electron chi connectivity index (χ2n) is 5.37. The van der Waals surface area contributed by atoms with E-state index in [4.69, 9.17) is 4.74 Å². The van der Waals surface area contributed by atoms with Crippen molar-refractivity contribution in [3.05, 3.63) is 52.2 Å². The molecule has 0 fully saturated rings. The van der Waals surface area contributed by atoms with Gasteiger partial charge in [-0.3, -0.25) is 0 Å². The molecule has 0 radical (unpaired) electrons. The van der Waals surface area contributed by atoms with Crippen LogP contribution >= 0.6 is 34.4 Å². The van der Waals surface area contributed by atoms with Gasteiger partial charge in [0, 0.05) is 16.3 Å². The molecule has 0 aliphatic heterocycles. The Kier molecular flexibility index (Phi) is 6.83. The molecule has 25 heavy (non-hydrogen) atoms. The number of benzene rings is 1. The van der Waals surface area contributed by atoms with E-state index in [1.807, 2.05) is 48.7 Å². The molecule has 0 saturated heterocycles. The molecule has 3 aromatic rings. The summed E-state index contributed by atoms with van der Waals surface area (Å²) in [5, 5.41) is 24.4. The number of aromatic nitrogens is 2. The molecule has 8 heteroatoms. The molecule has 1 atom stereocenters. The number of thiophene rings is 1. The van der Waals surface area contributed by atoms with Crippen molar-refractivity contribution < 1.29 is 9.84 Å². The standard InChI is InChI=1S/C17H19N3O2S3/c1-12-5-2-3-7-15(12)18-16-19-20-17(25-16)24-11-13(21)9-22-10-14-6-4-8-23-14/h2-8,13,21H,9-11H2,1H3,(H,18,19)/t13-/m1/s1. The van der Waals surface area contributed by atoms with Crippen LogP contribution in [0.4, 0.5) is 10.8 Å². The predicted octanol–water partition coefficient (Wildman–Crippen LogP) is 4.32. The zero-order valence-electron chi connectivity index (χ0n) is 13.7. The highest BCUT2D eigenvalue weighted by Gasteiger charge is 2.10. The third kappa shape index (κ3) is 5.79. The molecule has 0 amide bonds. The summed E-state index contributed by atoms with van der Waals surface area (Å²) < 4.78 is 6.35. The molecule has 0 bridgehead atoms. The van der Waals surface area contributed by atoms with E-state index in [0.29, 0.717) is 19.0 Å². The van der Waals surface area contributed by atoms with Crippen LogP contribution in [0.15, 0.2) is 46.1 Å². The summed E-state index contributed by atoms with van der Waals surface area (Å²) in [6, 6.07) is 12.1. The van der Waals surface area contributed by atoms with Crippen molar-refractivity contribution in [1.29, 1.82) is 0 Å². The number of ether oxygens (including phenoxy) is 1. The van der Waals surface area contributed by atoms with Crippen LogP contribution in [-0.4, -0.2) is 33.8 Å². The maximum absolute atomic E-state index is 10.0. The number of aryl methyl sites for hydroxylation is 1.